The fraction of sp³-hybridized carbons (Fsp3) is 0.0833. The minimum atomic E-state index is -0.989. The van der Waals surface area contributed by atoms with Gasteiger partial charge in [-0.2, -0.15) is 0 Å². The number of nitrogens with one attached hydrogen (secondary N) is 1. The summed E-state index contributed by atoms with van der Waals surface area (Å²) in [5, 5.41) is 19.7. The van der Waals surface area contributed by atoms with Crippen LogP contribution in [0.25, 0.3) is 11.1 Å². The van der Waals surface area contributed by atoms with Crippen molar-refractivity contribution in [2.24, 2.45) is 0 Å². The summed E-state index contributed by atoms with van der Waals surface area (Å²) in [5.41, 5.74) is 1.38. The van der Waals surface area contributed by atoms with Gasteiger partial charge >= 0.3 is 5.97 Å². The molecule has 0 bridgehead atoms. The molecular weight excluding hydrogens is 236 g/mol. The molecule has 1 aromatic carbocycles. The molecule has 0 aliphatic heterocycles. The maximum absolute atomic E-state index is 10.9. The Bertz CT molecular complexity index is 604. The summed E-state index contributed by atoms with van der Waals surface area (Å²) in [4.78, 5) is 24.0. The minimum Gasteiger partial charge on any atom is -0.481 e. The highest BCUT2D eigenvalue weighted by Gasteiger charge is 2.18. The molecule has 1 aromatic heterocycles. The van der Waals surface area contributed by atoms with Gasteiger partial charge in [-0.05, 0) is 12.1 Å². The fourth-order valence-corrected chi connectivity index (χ4v) is 1.81. The Kier molecular flexibility index (Phi) is 3.09. The fourth-order valence-electron chi connectivity index (χ4n) is 1.81. The third-order valence-corrected chi connectivity index (χ3v) is 2.55. The van der Waals surface area contributed by atoms with Gasteiger partial charge in [-0.15, -0.1) is 0 Å². The predicted molar refractivity (Wildman–Crippen MR) is 64.2 cm³/mol. The summed E-state index contributed by atoms with van der Waals surface area (Å²) in [6, 6.07) is 7.89. The van der Waals surface area contributed by atoms with Crippen LogP contribution < -0.4 is 0 Å². The number of H-pyrrole nitrogens is 1. The summed E-state index contributed by atoms with van der Waals surface area (Å²) >= 11 is 0. The second kappa shape index (κ2) is 4.70. The number of hydrogen-bond donors (Lipinski definition) is 2. The van der Waals surface area contributed by atoms with Crippen LogP contribution in [0.15, 0.2) is 36.5 Å². The smallest absolute Gasteiger partial charge is 0.309 e. The summed E-state index contributed by atoms with van der Waals surface area (Å²) in [5.74, 6) is -0.989. The number of aromatic amines is 1. The highest BCUT2D eigenvalue weighted by molar-refractivity contribution is 5.79. The molecule has 2 N–H and O–H groups in total. The van der Waals surface area contributed by atoms with Gasteiger partial charge < -0.3 is 10.1 Å². The zero-order chi connectivity index (χ0) is 13.1. The van der Waals surface area contributed by atoms with Gasteiger partial charge in [0.1, 0.15) is 0 Å². The molecule has 0 atom stereocenters. The quantitative estimate of drug-likeness (QED) is 0.638. The lowest BCUT2D eigenvalue weighted by atomic mass is 10.0. The Morgan fingerprint density at radius 2 is 2.00 bits per heavy atom. The average molecular weight is 246 g/mol. The standard InChI is InChI=1S/C12H10N2O4/c15-12(16)7-10-8(5-6-13-10)9-3-1-2-4-11(9)14(17)18/h1-6,13H,7H2,(H,15,16). The Labute approximate surface area is 102 Å². The number of carbonyl (C=O) groups is 1. The number of rotatable bonds is 4. The molecule has 6 nitrogen and oxygen atoms in total. The molecule has 6 heteroatoms. The number of hydrogen-bond acceptors (Lipinski definition) is 3. The van der Waals surface area contributed by atoms with E-state index in [1.807, 2.05) is 0 Å². The number of carboxylic acid groups (broad SMARTS) is 1. The molecule has 0 fully saturated rings. The van der Waals surface area contributed by atoms with Gasteiger partial charge in [-0.1, -0.05) is 12.1 Å². The van der Waals surface area contributed by atoms with Crippen molar-refractivity contribution < 1.29 is 14.8 Å². The molecule has 0 aliphatic carbocycles. The van der Waals surface area contributed by atoms with E-state index < -0.39 is 10.9 Å². The maximum atomic E-state index is 10.9. The van der Waals surface area contributed by atoms with E-state index >= 15 is 0 Å². The summed E-state index contributed by atoms with van der Waals surface area (Å²) in [6.07, 6.45) is 1.37. The van der Waals surface area contributed by atoms with Crippen molar-refractivity contribution >= 4 is 11.7 Å². The molecule has 2 aromatic rings. The number of aromatic nitrogens is 1. The molecule has 18 heavy (non-hydrogen) atoms. The number of aliphatic carboxylic acids is 1. The van der Waals surface area contributed by atoms with Crippen LogP contribution in [-0.2, 0) is 11.2 Å². The Morgan fingerprint density at radius 3 is 2.67 bits per heavy atom. The zero-order valence-corrected chi connectivity index (χ0v) is 9.29. The lowest BCUT2D eigenvalue weighted by molar-refractivity contribution is -0.384. The normalized spacial score (nSPS) is 10.2. The molecule has 0 amide bonds. The van der Waals surface area contributed by atoms with E-state index in [-0.39, 0.29) is 12.1 Å². The van der Waals surface area contributed by atoms with Crippen molar-refractivity contribution in [3.8, 4) is 11.1 Å². The third kappa shape index (κ3) is 2.22. The molecule has 0 spiro atoms. The van der Waals surface area contributed by atoms with Crippen molar-refractivity contribution in [3.63, 3.8) is 0 Å². The van der Waals surface area contributed by atoms with Gasteiger partial charge in [-0.25, -0.2) is 0 Å². The number of carboxylic acids is 1. The van der Waals surface area contributed by atoms with Gasteiger partial charge in [0, 0.05) is 23.5 Å². The van der Waals surface area contributed by atoms with Crippen LogP contribution in [0.5, 0.6) is 0 Å². The molecule has 0 unspecified atom stereocenters. The van der Waals surface area contributed by atoms with E-state index in [4.69, 9.17) is 5.11 Å². The Morgan fingerprint density at radius 1 is 1.28 bits per heavy atom. The first-order valence-corrected chi connectivity index (χ1v) is 5.21. The van der Waals surface area contributed by atoms with E-state index in [1.165, 1.54) is 6.07 Å². The van der Waals surface area contributed by atoms with Crippen LogP contribution in [0.2, 0.25) is 0 Å². The van der Waals surface area contributed by atoms with E-state index in [9.17, 15) is 14.9 Å². The predicted octanol–water partition coefficient (Wildman–Crippen LogP) is 2.22. The maximum Gasteiger partial charge on any atom is 0.309 e. The van der Waals surface area contributed by atoms with Gasteiger partial charge in [-0.3, -0.25) is 14.9 Å². The second-order valence-corrected chi connectivity index (χ2v) is 3.71. The third-order valence-electron chi connectivity index (χ3n) is 2.55. The molecule has 0 saturated carbocycles. The lowest BCUT2D eigenvalue weighted by Gasteiger charge is -2.03. The number of para-hydroxylation sites is 1. The number of nitro benzene ring substituents is 1. The van der Waals surface area contributed by atoms with Crippen LogP contribution in [0.3, 0.4) is 0 Å². The van der Waals surface area contributed by atoms with Crippen LogP contribution >= 0.6 is 0 Å². The van der Waals surface area contributed by atoms with Gasteiger partial charge in [0.25, 0.3) is 5.69 Å². The summed E-state index contributed by atoms with van der Waals surface area (Å²) in [7, 11) is 0. The summed E-state index contributed by atoms with van der Waals surface area (Å²) < 4.78 is 0. The van der Waals surface area contributed by atoms with E-state index in [1.54, 1.807) is 30.5 Å². The topological polar surface area (TPSA) is 96.2 Å². The Hall–Kier alpha value is -2.63. The molecular formula is C12H10N2O4. The van der Waals surface area contributed by atoms with Crippen molar-refractivity contribution in [2.75, 3.05) is 0 Å². The van der Waals surface area contributed by atoms with Crippen LogP contribution in [0.4, 0.5) is 5.69 Å². The minimum absolute atomic E-state index is 0.0382. The number of nitro groups is 1. The SMILES string of the molecule is O=C(O)Cc1[nH]ccc1-c1ccccc1[N+](=O)[O-]. The molecule has 2 rings (SSSR count). The first-order chi connectivity index (χ1) is 8.59. The second-order valence-electron chi connectivity index (χ2n) is 3.71. The largest absolute Gasteiger partial charge is 0.481 e. The van der Waals surface area contributed by atoms with Crippen molar-refractivity contribution in [2.45, 2.75) is 6.42 Å². The lowest BCUT2D eigenvalue weighted by Crippen LogP contribution is -2.02. The van der Waals surface area contributed by atoms with Gasteiger partial charge in [0.05, 0.1) is 16.9 Å². The highest BCUT2D eigenvalue weighted by atomic mass is 16.6. The van der Waals surface area contributed by atoms with E-state index in [0.29, 0.717) is 16.8 Å². The van der Waals surface area contributed by atoms with Crippen LogP contribution in [-0.4, -0.2) is 21.0 Å². The van der Waals surface area contributed by atoms with Crippen LogP contribution in [0.1, 0.15) is 5.69 Å². The first-order valence-electron chi connectivity index (χ1n) is 5.21. The zero-order valence-electron chi connectivity index (χ0n) is 9.29. The average Bonchev–Trinajstić information content (AvgIpc) is 2.76. The summed E-state index contributed by atoms with van der Waals surface area (Å²) in [6.45, 7) is 0. The molecule has 0 saturated heterocycles. The monoisotopic (exact) mass is 246 g/mol. The van der Waals surface area contributed by atoms with Crippen molar-refractivity contribution in [1.82, 2.24) is 4.98 Å². The highest BCUT2D eigenvalue weighted by Crippen LogP contribution is 2.31. The molecule has 0 aliphatic rings. The Balaban J connectivity index is 2.52. The van der Waals surface area contributed by atoms with Gasteiger partial charge in [0.2, 0.25) is 0 Å². The molecule has 1 heterocycles. The molecule has 92 valence electrons. The first kappa shape index (κ1) is 11.8. The van der Waals surface area contributed by atoms with Crippen molar-refractivity contribution in [3.05, 3.63) is 52.3 Å². The van der Waals surface area contributed by atoms with Crippen LogP contribution in [0, 0.1) is 10.1 Å². The van der Waals surface area contributed by atoms with Gasteiger partial charge in [0.15, 0.2) is 0 Å². The van der Waals surface area contributed by atoms with E-state index in [2.05, 4.69) is 4.98 Å². The number of nitrogens with zero attached hydrogens (tertiary/aromatic N) is 1. The van der Waals surface area contributed by atoms with E-state index in [0.717, 1.165) is 0 Å². The molecule has 0 radical (unpaired) electrons. The number of benzene rings is 1. The van der Waals surface area contributed by atoms with Crippen molar-refractivity contribution in [1.29, 1.82) is 0 Å².